The van der Waals surface area contributed by atoms with E-state index in [9.17, 15) is 19.7 Å². The molecular weight excluding hydrogens is 394 g/mol. The second kappa shape index (κ2) is 10.5. The van der Waals surface area contributed by atoms with Gasteiger partial charge in [0.15, 0.2) is 6.61 Å². The van der Waals surface area contributed by atoms with Crippen molar-refractivity contribution in [3.05, 3.63) is 64.2 Å². The lowest BCUT2D eigenvalue weighted by molar-refractivity contribution is -0.384. The normalized spacial score (nSPS) is 11.4. The quantitative estimate of drug-likeness (QED) is 0.290. The molecule has 0 unspecified atom stereocenters. The van der Waals surface area contributed by atoms with Gasteiger partial charge in [0.05, 0.1) is 4.92 Å². The molecule has 1 amide bonds. The van der Waals surface area contributed by atoms with Crippen LogP contribution in [0.2, 0.25) is 0 Å². The van der Waals surface area contributed by atoms with E-state index in [1.165, 1.54) is 23.9 Å². The summed E-state index contributed by atoms with van der Waals surface area (Å²) >= 11 is 1.20. The Labute approximate surface area is 173 Å². The molecule has 0 aromatic heterocycles. The van der Waals surface area contributed by atoms with E-state index in [1.54, 1.807) is 19.1 Å². The third-order valence-electron chi connectivity index (χ3n) is 3.98. The van der Waals surface area contributed by atoms with Gasteiger partial charge in [0.2, 0.25) is 0 Å². The van der Waals surface area contributed by atoms with Crippen molar-refractivity contribution in [1.29, 1.82) is 0 Å². The number of hydrogen-bond acceptors (Lipinski definition) is 7. The number of nitrogens with zero attached hydrogens (tertiary/aromatic N) is 2. The lowest BCUT2D eigenvalue weighted by Gasteiger charge is -2.13. The van der Waals surface area contributed by atoms with Gasteiger partial charge in [-0.05, 0) is 36.8 Å². The third-order valence-corrected chi connectivity index (χ3v) is 5.07. The van der Waals surface area contributed by atoms with Crippen LogP contribution in [0.4, 0.5) is 11.4 Å². The van der Waals surface area contributed by atoms with Gasteiger partial charge >= 0.3 is 5.97 Å². The van der Waals surface area contributed by atoms with Crippen molar-refractivity contribution in [3.8, 4) is 0 Å². The van der Waals surface area contributed by atoms with Crippen molar-refractivity contribution < 1.29 is 19.2 Å². The van der Waals surface area contributed by atoms with Crippen LogP contribution in [0.25, 0.3) is 0 Å². The zero-order valence-corrected chi connectivity index (χ0v) is 17.3. The van der Waals surface area contributed by atoms with E-state index < -0.39 is 16.1 Å². The topological polar surface area (TPSA) is 102 Å². The van der Waals surface area contributed by atoms with Crippen LogP contribution in [-0.4, -0.2) is 42.8 Å². The van der Waals surface area contributed by atoms with Crippen LogP contribution in [0.5, 0.6) is 0 Å². The largest absolute Gasteiger partial charge is 0.455 e. The number of ether oxygens (including phenoxy) is 1. The fourth-order valence-electron chi connectivity index (χ4n) is 2.32. The maximum absolute atomic E-state index is 12.1. The number of anilines is 1. The standard InChI is InChI=1S/C20H23N3O5S/c1-14(29-18-10-8-17(9-11-18)23(26)27)20(25)28-13-19(24)21-12-15-4-6-16(7-5-15)22(2)3/h4-11,14H,12-13H2,1-3H3,(H,21,24)/t14-/m0/s1. The fourth-order valence-corrected chi connectivity index (χ4v) is 3.18. The maximum atomic E-state index is 12.1. The molecule has 154 valence electrons. The van der Waals surface area contributed by atoms with E-state index in [0.29, 0.717) is 11.4 Å². The maximum Gasteiger partial charge on any atom is 0.319 e. The molecule has 0 radical (unpaired) electrons. The summed E-state index contributed by atoms with van der Waals surface area (Å²) in [4.78, 5) is 36.8. The van der Waals surface area contributed by atoms with Crippen LogP contribution >= 0.6 is 11.8 Å². The average molecular weight is 417 g/mol. The molecule has 0 fully saturated rings. The Morgan fingerprint density at radius 3 is 2.31 bits per heavy atom. The molecule has 0 aliphatic rings. The van der Waals surface area contributed by atoms with E-state index in [2.05, 4.69) is 5.32 Å². The summed E-state index contributed by atoms with van der Waals surface area (Å²) in [6, 6.07) is 13.6. The number of carbonyl (C=O) groups excluding carboxylic acids is 2. The van der Waals surface area contributed by atoms with E-state index in [1.807, 2.05) is 43.3 Å². The zero-order valence-electron chi connectivity index (χ0n) is 16.5. The van der Waals surface area contributed by atoms with Crippen molar-refractivity contribution in [2.75, 3.05) is 25.6 Å². The number of rotatable bonds is 9. The number of benzene rings is 2. The summed E-state index contributed by atoms with van der Waals surface area (Å²) < 4.78 is 5.05. The van der Waals surface area contributed by atoms with Crippen molar-refractivity contribution in [1.82, 2.24) is 5.32 Å². The first-order chi connectivity index (χ1) is 13.8. The molecule has 0 aliphatic carbocycles. The molecule has 9 heteroatoms. The number of non-ortho nitro benzene ring substituents is 1. The predicted molar refractivity (Wildman–Crippen MR) is 112 cm³/mol. The van der Waals surface area contributed by atoms with Gasteiger partial charge < -0.3 is 15.0 Å². The highest BCUT2D eigenvalue weighted by molar-refractivity contribution is 8.00. The van der Waals surface area contributed by atoms with Gasteiger partial charge in [-0.2, -0.15) is 0 Å². The number of thioether (sulfide) groups is 1. The minimum atomic E-state index is -0.553. The van der Waals surface area contributed by atoms with Crippen LogP contribution in [-0.2, 0) is 20.9 Å². The van der Waals surface area contributed by atoms with Gasteiger partial charge in [-0.1, -0.05) is 12.1 Å². The fraction of sp³-hybridized carbons (Fsp3) is 0.300. The molecule has 0 bridgehead atoms. The molecule has 8 nitrogen and oxygen atoms in total. The third kappa shape index (κ3) is 7.11. The van der Waals surface area contributed by atoms with Gasteiger partial charge in [-0.3, -0.25) is 19.7 Å². The first kappa shape index (κ1) is 22.2. The van der Waals surface area contributed by atoms with Gasteiger partial charge in [0.1, 0.15) is 5.25 Å². The molecule has 0 saturated carbocycles. The first-order valence-corrected chi connectivity index (χ1v) is 9.75. The average Bonchev–Trinajstić information content (AvgIpc) is 2.71. The SMILES string of the molecule is C[C@H](Sc1ccc([N+](=O)[O-])cc1)C(=O)OCC(=O)NCc1ccc(N(C)C)cc1. The Morgan fingerprint density at radius 2 is 1.76 bits per heavy atom. The van der Waals surface area contributed by atoms with Gasteiger partial charge in [-0.25, -0.2) is 0 Å². The molecule has 0 heterocycles. The molecule has 0 spiro atoms. The Balaban J connectivity index is 1.74. The van der Waals surface area contributed by atoms with Crippen molar-refractivity contribution in [2.24, 2.45) is 0 Å². The highest BCUT2D eigenvalue weighted by atomic mass is 32.2. The molecule has 2 aromatic rings. The summed E-state index contributed by atoms with van der Waals surface area (Å²) in [7, 11) is 3.90. The highest BCUT2D eigenvalue weighted by Gasteiger charge is 2.18. The van der Waals surface area contributed by atoms with Crippen LogP contribution in [0.3, 0.4) is 0 Å². The number of hydrogen-bond donors (Lipinski definition) is 1. The molecular formula is C20H23N3O5S. The molecule has 1 atom stereocenters. The van der Waals surface area contributed by atoms with Crippen LogP contribution in [0.15, 0.2) is 53.4 Å². The van der Waals surface area contributed by atoms with Gasteiger partial charge in [-0.15, -0.1) is 11.8 Å². The van der Waals surface area contributed by atoms with Crippen LogP contribution < -0.4 is 10.2 Å². The van der Waals surface area contributed by atoms with Crippen molar-refractivity contribution in [2.45, 2.75) is 23.6 Å². The van der Waals surface area contributed by atoms with Gasteiger partial charge in [0, 0.05) is 43.4 Å². The second-order valence-corrected chi connectivity index (χ2v) is 7.87. The summed E-state index contributed by atoms with van der Waals surface area (Å²) in [5.41, 5.74) is 1.99. The molecule has 29 heavy (non-hydrogen) atoms. The van der Waals surface area contributed by atoms with E-state index in [-0.39, 0.29) is 18.2 Å². The Kier molecular flexibility index (Phi) is 8.02. The number of amides is 1. The molecule has 2 rings (SSSR count). The predicted octanol–water partition coefficient (Wildman–Crippen LogP) is 3.00. The Bertz CT molecular complexity index is 853. The van der Waals surface area contributed by atoms with Crippen LogP contribution in [0, 0.1) is 10.1 Å². The lowest BCUT2D eigenvalue weighted by atomic mass is 10.2. The number of esters is 1. The number of nitrogens with one attached hydrogen (secondary N) is 1. The number of nitro benzene ring substituents is 1. The summed E-state index contributed by atoms with van der Waals surface area (Å²) in [5, 5.41) is 12.8. The molecule has 0 saturated heterocycles. The van der Waals surface area contributed by atoms with E-state index in [4.69, 9.17) is 4.74 Å². The minimum Gasteiger partial charge on any atom is -0.455 e. The van der Waals surface area contributed by atoms with E-state index in [0.717, 1.165) is 11.3 Å². The highest BCUT2D eigenvalue weighted by Crippen LogP contribution is 2.26. The first-order valence-electron chi connectivity index (χ1n) is 8.87. The smallest absolute Gasteiger partial charge is 0.319 e. The molecule has 1 N–H and O–H groups in total. The van der Waals surface area contributed by atoms with Crippen molar-refractivity contribution >= 4 is 35.0 Å². The summed E-state index contributed by atoms with van der Waals surface area (Å²) in [6.07, 6.45) is 0. The molecule has 0 aliphatic heterocycles. The minimum absolute atomic E-state index is 0.0161. The summed E-state index contributed by atoms with van der Waals surface area (Å²) in [6.45, 7) is 1.63. The number of carbonyl (C=O) groups is 2. The Morgan fingerprint density at radius 1 is 1.14 bits per heavy atom. The van der Waals surface area contributed by atoms with E-state index >= 15 is 0 Å². The second-order valence-electron chi connectivity index (χ2n) is 6.46. The summed E-state index contributed by atoms with van der Waals surface area (Å²) in [5.74, 6) is -0.915. The molecule has 2 aromatic carbocycles. The lowest BCUT2D eigenvalue weighted by Crippen LogP contribution is -2.30. The number of nitro groups is 1. The van der Waals surface area contributed by atoms with Crippen molar-refractivity contribution in [3.63, 3.8) is 0 Å². The van der Waals surface area contributed by atoms with Gasteiger partial charge in [0.25, 0.3) is 11.6 Å². The monoisotopic (exact) mass is 417 g/mol. The Hall–Kier alpha value is -3.07. The zero-order chi connectivity index (χ0) is 21.4. The van der Waals surface area contributed by atoms with Crippen LogP contribution in [0.1, 0.15) is 12.5 Å².